The molecule has 0 aliphatic heterocycles. The Morgan fingerprint density at radius 3 is 2.61 bits per heavy atom. The van der Waals surface area contributed by atoms with Crippen LogP contribution in [0.5, 0.6) is 0 Å². The second-order valence-electron chi connectivity index (χ2n) is 5.16. The van der Waals surface area contributed by atoms with E-state index in [0.29, 0.717) is 12.0 Å². The molecule has 0 aromatic heterocycles. The number of benzene rings is 1. The Morgan fingerprint density at radius 2 is 2.06 bits per heavy atom. The molecule has 0 saturated carbocycles. The molecule has 1 rings (SSSR count). The third kappa shape index (κ3) is 5.09. The van der Waals surface area contributed by atoms with Gasteiger partial charge < -0.3 is 5.32 Å². The van der Waals surface area contributed by atoms with E-state index in [1.807, 2.05) is 0 Å². The van der Waals surface area contributed by atoms with Crippen LogP contribution in [0.2, 0.25) is 0 Å². The van der Waals surface area contributed by atoms with Gasteiger partial charge in [-0.1, -0.05) is 48.8 Å². The summed E-state index contributed by atoms with van der Waals surface area (Å²) in [5.41, 5.74) is 1.36. The van der Waals surface area contributed by atoms with Gasteiger partial charge >= 0.3 is 0 Å². The van der Waals surface area contributed by atoms with Crippen molar-refractivity contribution in [3.63, 3.8) is 0 Å². The third-order valence-electron chi connectivity index (χ3n) is 3.26. The van der Waals surface area contributed by atoms with Gasteiger partial charge in [0.15, 0.2) is 0 Å². The van der Waals surface area contributed by atoms with Crippen LogP contribution >= 0.6 is 15.9 Å². The van der Waals surface area contributed by atoms with Crippen molar-refractivity contribution in [1.82, 2.24) is 10.2 Å². The highest BCUT2D eigenvalue weighted by atomic mass is 79.9. The van der Waals surface area contributed by atoms with E-state index >= 15 is 0 Å². The first-order valence-electron chi connectivity index (χ1n) is 6.70. The fourth-order valence-corrected chi connectivity index (χ4v) is 2.68. The topological polar surface area (TPSA) is 15.3 Å². The van der Waals surface area contributed by atoms with Crippen LogP contribution in [0.3, 0.4) is 0 Å². The molecule has 0 heterocycles. The zero-order valence-electron chi connectivity index (χ0n) is 11.9. The van der Waals surface area contributed by atoms with Crippen LogP contribution in [-0.2, 0) is 6.54 Å². The van der Waals surface area contributed by atoms with Gasteiger partial charge in [-0.05, 0) is 37.2 Å². The summed E-state index contributed by atoms with van der Waals surface area (Å²) in [5, 5.41) is 3.46. The molecule has 18 heavy (non-hydrogen) atoms. The number of hydrogen-bond donors (Lipinski definition) is 1. The average molecular weight is 313 g/mol. The maximum Gasteiger partial charge on any atom is 0.0244 e. The van der Waals surface area contributed by atoms with Crippen molar-refractivity contribution in [1.29, 1.82) is 0 Å². The molecule has 2 nitrogen and oxygen atoms in total. The van der Waals surface area contributed by atoms with Gasteiger partial charge in [-0.2, -0.15) is 0 Å². The molecule has 0 amide bonds. The standard InChI is InChI=1S/C15H25BrN2/c1-5-17-10-15(12(2)3)18(4)11-13-7-6-8-14(16)9-13/h6-9,12,15,17H,5,10-11H2,1-4H3. The highest BCUT2D eigenvalue weighted by Gasteiger charge is 2.18. The summed E-state index contributed by atoms with van der Waals surface area (Å²) in [6, 6.07) is 9.13. The lowest BCUT2D eigenvalue weighted by molar-refractivity contribution is 0.180. The van der Waals surface area contributed by atoms with Crippen molar-refractivity contribution < 1.29 is 0 Å². The third-order valence-corrected chi connectivity index (χ3v) is 3.75. The summed E-state index contributed by atoms with van der Waals surface area (Å²) in [7, 11) is 2.21. The van der Waals surface area contributed by atoms with Crippen LogP contribution in [0.25, 0.3) is 0 Å². The molecule has 1 aromatic carbocycles. The predicted octanol–water partition coefficient (Wildman–Crippen LogP) is 3.52. The van der Waals surface area contributed by atoms with E-state index in [1.165, 1.54) is 5.56 Å². The van der Waals surface area contributed by atoms with E-state index in [-0.39, 0.29) is 0 Å². The number of nitrogens with zero attached hydrogens (tertiary/aromatic N) is 1. The first-order valence-corrected chi connectivity index (χ1v) is 7.49. The van der Waals surface area contributed by atoms with E-state index in [4.69, 9.17) is 0 Å². The largest absolute Gasteiger partial charge is 0.315 e. The Morgan fingerprint density at radius 1 is 1.33 bits per heavy atom. The Kier molecular flexibility index (Phi) is 6.90. The Labute approximate surface area is 120 Å². The van der Waals surface area contributed by atoms with Crippen LogP contribution in [-0.4, -0.2) is 31.1 Å². The minimum Gasteiger partial charge on any atom is -0.315 e. The Hall–Kier alpha value is -0.380. The van der Waals surface area contributed by atoms with Crippen molar-refractivity contribution in [2.24, 2.45) is 5.92 Å². The zero-order chi connectivity index (χ0) is 13.5. The lowest BCUT2D eigenvalue weighted by Crippen LogP contribution is -2.43. The van der Waals surface area contributed by atoms with Crippen molar-refractivity contribution in [3.05, 3.63) is 34.3 Å². The Bertz CT molecular complexity index is 352. The minimum atomic E-state index is 0.573. The highest BCUT2D eigenvalue weighted by molar-refractivity contribution is 9.10. The molecule has 0 aliphatic carbocycles. The molecular formula is C15H25BrN2. The smallest absolute Gasteiger partial charge is 0.0244 e. The summed E-state index contributed by atoms with van der Waals surface area (Å²) in [6.07, 6.45) is 0. The van der Waals surface area contributed by atoms with Gasteiger partial charge in [0.05, 0.1) is 0 Å². The lowest BCUT2D eigenvalue weighted by Gasteiger charge is -2.31. The highest BCUT2D eigenvalue weighted by Crippen LogP contribution is 2.16. The quantitative estimate of drug-likeness (QED) is 0.828. The lowest BCUT2D eigenvalue weighted by atomic mass is 10.0. The second-order valence-corrected chi connectivity index (χ2v) is 6.08. The number of hydrogen-bond acceptors (Lipinski definition) is 2. The van der Waals surface area contributed by atoms with E-state index in [1.54, 1.807) is 0 Å². The number of nitrogens with one attached hydrogen (secondary N) is 1. The summed E-state index contributed by atoms with van der Waals surface area (Å²) in [6.45, 7) is 9.82. The Balaban J connectivity index is 2.63. The van der Waals surface area contributed by atoms with Crippen LogP contribution in [0, 0.1) is 5.92 Å². The van der Waals surface area contributed by atoms with Crippen molar-refractivity contribution >= 4 is 15.9 Å². The monoisotopic (exact) mass is 312 g/mol. The van der Waals surface area contributed by atoms with Gasteiger partial charge in [0.1, 0.15) is 0 Å². The van der Waals surface area contributed by atoms with Crippen molar-refractivity contribution in [2.45, 2.75) is 33.4 Å². The molecule has 3 heteroatoms. The zero-order valence-corrected chi connectivity index (χ0v) is 13.5. The molecule has 1 unspecified atom stereocenters. The minimum absolute atomic E-state index is 0.573. The molecule has 0 spiro atoms. The van der Waals surface area contributed by atoms with E-state index in [9.17, 15) is 0 Å². The normalized spacial score (nSPS) is 13.3. The fourth-order valence-electron chi connectivity index (χ4n) is 2.23. The van der Waals surface area contributed by atoms with E-state index in [0.717, 1.165) is 24.1 Å². The molecule has 0 aliphatic rings. The molecule has 1 N–H and O–H groups in total. The number of rotatable bonds is 7. The first kappa shape index (κ1) is 15.7. The second kappa shape index (κ2) is 7.93. The van der Waals surface area contributed by atoms with Gasteiger partial charge in [0, 0.05) is 23.6 Å². The summed E-state index contributed by atoms with van der Waals surface area (Å²) < 4.78 is 1.15. The van der Waals surface area contributed by atoms with Crippen LogP contribution < -0.4 is 5.32 Å². The van der Waals surface area contributed by atoms with Gasteiger partial charge in [0.25, 0.3) is 0 Å². The first-order chi connectivity index (χ1) is 8.54. The van der Waals surface area contributed by atoms with Gasteiger partial charge in [-0.25, -0.2) is 0 Å². The van der Waals surface area contributed by atoms with Crippen LogP contribution in [0.4, 0.5) is 0 Å². The van der Waals surface area contributed by atoms with Gasteiger partial charge in [-0.15, -0.1) is 0 Å². The van der Waals surface area contributed by atoms with Crippen molar-refractivity contribution in [2.75, 3.05) is 20.1 Å². The van der Waals surface area contributed by atoms with Crippen LogP contribution in [0.15, 0.2) is 28.7 Å². The molecule has 1 atom stereocenters. The van der Waals surface area contributed by atoms with Gasteiger partial charge in [0.2, 0.25) is 0 Å². The molecule has 0 radical (unpaired) electrons. The number of likely N-dealkylation sites (N-methyl/N-ethyl adjacent to an activating group) is 2. The predicted molar refractivity (Wildman–Crippen MR) is 82.8 cm³/mol. The van der Waals surface area contributed by atoms with E-state index < -0.39 is 0 Å². The molecule has 0 saturated heterocycles. The fraction of sp³-hybridized carbons (Fsp3) is 0.600. The molecule has 0 bridgehead atoms. The van der Waals surface area contributed by atoms with Gasteiger partial charge in [-0.3, -0.25) is 4.90 Å². The average Bonchev–Trinajstić information content (AvgIpc) is 2.29. The van der Waals surface area contributed by atoms with E-state index in [2.05, 4.69) is 78.2 Å². The maximum absolute atomic E-state index is 3.53. The molecule has 102 valence electrons. The summed E-state index contributed by atoms with van der Waals surface area (Å²) in [5.74, 6) is 0.654. The SMILES string of the molecule is CCNCC(C(C)C)N(C)Cc1cccc(Br)c1. The summed E-state index contributed by atoms with van der Waals surface area (Å²) in [4.78, 5) is 2.44. The van der Waals surface area contributed by atoms with Crippen molar-refractivity contribution in [3.8, 4) is 0 Å². The molecule has 1 aromatic rings. The molecule has 0 fully saturated rings. The summed E-state index contributed by atoms with van der Waals surface area (Å²) >= 11 is 3.53. The number of halogens is 1. The maximum atomic E-state index is 3.53. The van der Waals surface area contributed by atoms with Crippen LogP contribution in [0.1, 0.15) is 26.3 Å². The molecular weight excluding hydrogens is 288 g/mol.